The Bertz CT molecular complexity index is 994. The van der Waals surface area contributed by atoms with Gasteiger partial charge in [-0.15, -0.1) is 0 Å². The molecule has 5 atom stereocenters. The van der Waals surface area contributed by atoms with Crippen LogP contribution in [0.4, 0.5) is 0 Å². The highest BCUT2D eigenvalue weighted by molar-refractivity contribution is 6.05. The van der Waals surface area contributed by atoms with Gasteiger partial charge in [0, 0.05) is 31.6 Å². The maximum atomic E-state index is 14.5. The molecule has 5 rings (SSSR count). The normalized spacial score (nSPS) is 39.1. The highest BCUT2D eigenvalue weighted by atomic mass is 16.1. The second-order valence-corrected chi connectivity index (χ2v) is 10.5. The summed E-state index contributed by atoms with van der Waals surface area (Å²) < 4.78 is 1.94. The van der Waals surface area contributed by atoms with Gasteiger partial charge in [-0.05, 0) is 50.1 Å². The molecule has 2 saturated carbocycles. The Morgan fingerprint density at radius 1 is 1.17 bits per heavy atom. The van der Waals surface area contributed by atoms with E-state index in [0.717, 1.165) is 42.5 Å². The van der Waals surface area contributed by atoms with Crippen LogP contribution in [0, 0.1) is 17.3 Å². The van der Waals surface area contributed by atoms with Crippen molar-refractivity contribution in [3.8, 4) is 0 Å². The Labute approximate surface area is 173 Å². The number of ketones is 1. The van der Waals surface area contributed by atoms with E-state index in [1.807, 2.05) is 24.8 Å². The fourth-order valence-corrected chi connectivity index (χ4v) is 7.08. The lowest BCUT2D eigenvalue weighted by Crippen LogP contribution is -2.56. The molecule has 1 N–H and O–H groups in total. The lowest BCUT2D eigenvalue weighted by Gasteiger charge is -2.41. The predicted octanol–water partition coefficient (Wildman–Crippen LogP) is 3.13. The van der Waals surface area contributed by atoms with Gasteiger partial charge in [-0.25, -0.2) is 0 Å². The number of rotatable bonds is 3. The molecule has 0 spiro atoms. The van der Waals surface area contributed by atoms with Crippen LogP contribution in [0.2, 0.25) is 0 Å². The standard InChI is InChI=1S/C24H34N4O/c1-15-13-28(14-17(15)25-5)24-19(22(24,2)3)11-12-23(4,21(24)29)20-16-9-7-8-10-18(16)27(6)26-20/h7-10,15,17,19,25H,11-14H2,1-6H3/t15-,17+,19?,23?,24?/m0/s1. The molecule has 1 saturated heterocycles. The van der Waals surface area contributed by atoms with Crippen molar-refractivity contribution in [3.05, 3.63) is 30.0 Å². The highest BCUT2D eigenvalue weighted by Crippen LogP contribution is 2.72. The second-order valence-electron chi connectivity index (χ2n) is 10.5. The third-order valence-electron chi connectivity index (χ3n) is 8.82. The summed E-state index contributed by atoms with van der Waals surface area (Å²) in [6.45, 7) is 11.1. The Balaban J connectivity index is 1.62. The molecule has 0 amide bonds. The number of fused-ring (bicyclic) bond motifs is 2. The summed E-state index contributed by atoms with van der Waals surface area (Å²) in [5, 5.41) is 9.50. The van der Waals surface area contributed by atoms with E-state index < -0.39 is 5.41 Å². The molecule has 3 unspecified atom stereocenters. The van der Waals surface area contributed by atoms with Gasteiger partial charge in [0.1, 0.15) is 0 Å². The summed E-state index contributed by atoms with van der Waals surface area (Å²) in [6, 6.07) is 8.79. The molecule has 0 bridgehead atoms. The van der Waals surface area contributed by atoms with Gasteiger partial charge in [0.2, 0.25) is 0 Å². The van der Waals surface area contributed by atoms with E-state index in [1.54, 1.807) is 0 Å². The van der Waals surface area contributed by atoms with Gasteiger partial charge in [0.05, 0.1) is 22.2 Å². The van der Waals surface area contributed by atoms with E-state index in [1.165, 1.54) is 0 Å². The van der Waals surface area contributed by atoms with Gasteiger partial charge in [0.15, 0.2) is 5.78 Å². The molecule has 1 aromatic carbocycles. The van der Waals surface area contributed by atoms with Crippen LogP contribution < -0.4 is 5.32 Å². The quantitative estimate of drug-likeness (QED) is 0.869. The zero-order valence-electron chi connectivity index (χ0n) is 18.6. The van der Waals surface area contributed by atoms with Crippen molar-refractivity contribution in [1.82, 2.24) is 20.0 Å². The van der Waals surface area contributed by atoms with Crippen LogP contribution in [0.15, 0.2) is 24.3 Å². The van der Waals surface area contributed by atoms with Crippen LogP contribution in [0.25, 0.3) is 10.9 Å². The third-order valence-corrected chi connectivity index (χ3v) is 8.82. The molecule has 3 fully saturated rings. The SMILES string of the molecule is CN[C@@H]1CN(C23C(=O)C(C)(c4nn(C)c5ccccc45)CCC2C3(C)C)C[C@@H]1C. The molecular formula is C24H34N4O. The summed E-state index contributed by atoms with van der Waals surface area (Å²) in [6.07, 6.45) is 1.98. The topological polar surface area (TPSA) is 50.2 Å². The number of likely N-dealkylation sites (N-methyl/N-ethyl adjacent to an activating group) is 1. The number of nitrogens with one attached hydrogen (secondary N) is 1. The van der Waals surface area contributed by atoms with Crippen LogP contribution in [0.1, 0.15) is 46.2 Å². The van der Waals surface area contributed by atoms with Gasteiger partial charge >= 0.3 is 0 Å². The van der Waals surface area contributed by atoms with Crippen LogP contribution in [0.3, 0.4) is 0 Å². The number of aromatic nitrogens is 2. The minimum absolute atomic E-state index is 0.0226. The molecule has 3 aliphatic rings. The summed E-state index contributed by atoms with van der Waals surface area (Å²) in [7, 11) is 4.03. The zero-order chi connectivity index (χ0) is 20.8. The number of likely N-dealkylation sites (tertiary alicyclic amines) is 1. The first-order valence-electron chi connectivity index (χ1n) is 11.1. The number of carbonyl (C=O) groups excluding carboxylic acids is 1. The Morgan fingerprint density at radius 3 is 2.59 bits per heavy atom. The molecule has 5 nitrogen and oxygen atoms in total. The number of Topliss-reactive ketones (excluding diaryl/α,β-unsaturated/α-hetero) is 1. The van der Waals surface area contributed by atoms with E-state index in [0.29, 0.717) is 23.7 Å². The van der Waals surface area contributed by atoms with Crippen molar-refractivity contribution < 1.29 is 4.79 Å². The van der Waals surface area contributed by atoms with Crippen molar-refractivity contribution in [2.24, 2.45) is 24.3 Å². The first-order valence-corrected chi connectivity index (χ1v) is 11.1. The maximum Gasteiger partial charge on any atom is 0.165 e. The van der Waals surface area contributed by atoms with Gasteiger partial charge in [-0.1, -0.05) is 39.0 Å². The number of aryl methyl sites for hydroxylation is 1. The molecule has 156 valence electrons. The summed E-state index contributed by atoms with van der Waals surface area (Å²) in [5.41, 5.74) is 1.21. The molecule has 1 aliphatic heterocycles. The second kappa shape index (κ2) is 5.92. The van der Waals surface area contributed by atoms with Crippen LogP contribution >= 0.6 is 0 Å². The number of hydrogen-bond donors (Lipinski definition) is 1. The molecule has 0 radical (unpaired) electrons. The van der Waals surface area contributed by atoms with E-state index in [9.17, 15) is 4.79 Å². The molecule has 5 heteroatoms. The third kappa shape index (κ3) is 2.18. The van der Waals surface area contributed by atoms with E-state index in [2.05, 4.69) is 56.1 Å². The molecular weight excluding hydrogens is 360 g/mol. The average Bonchev–Trinajstić information content (AvgIpc) is 2.97. The fourth-order valence-electron chi connectivity index (χ4n) is 7.08. The van der Waals surface area contributed by atoms with Crippen molar-refractivity contribution in [2.45, 2.75) is 57.5 Å². The molecule has 29 heavy (non-hydrogen) atoms. The van der Waals surface area contributed by atoms with E-state index in [4.69, 9.17) is 5.10 Å². The zero-order valence-corrected chi connectivity index (χ0v) is 18.6. The van der Waals surface area contributed by atoms with Gasteiger partial charge in [-0.3, -0.25) is 14.4 Å². The number of nitrogens with zero attached hydrogens (tertiary/aromatic N) is 3. The van der Waals surface area contributed by atoms with Crippen molar-refractivity contribution >= 4 is 16.7 Å². The van der Waals surface area contributed by atoms with Crippen LogP contribution in [-0.2, 0) is 17.3 Å². The van der Waals surface area contributed by atoms with Gasteiger partial charge in [0.25, 0.3) is 0 Å². The first kappa shape index (κ1) is 19.3. The van der Waals surface area contributed by atoms with Crippen molar-refractivity contribution in [1.29, 1.82) is 0 Å². The minimum Gasteiger partial charge on any atom is -0.315 e. The predicted molar refractivity (Wildman–Crippen MR) is 116 cm³/mol. The first-order chi connectivity index (χ1) is 13.7. The summed E-state index contributed by atoms with van der Waals surface area (Å²) in [4.78, 5) is 17.0. The lowest BCUT2D eigenvalue weighted by atomic mass is 9.68. The number of carbonyl (C=O) groups is 1. The average molecular weight is 395 g/mol. The summed E-state index contributed by atoms with van der Waals surface area (Å²) >= 11 is 0. The molecule has 1 aromatic heterocycles. The summed E-state index contributed by atoms with van der Waals surface area (Å²) in [5.74, 6) is 1.41. The highest BCUT2D eigenvalue weighted by Gasteiger charge is 2.81. The minimum atomic E-state index is -0.536. The lowest BCUT2D eigenvalue weighted by molar-refractivity contribution is -0.134. The van der Waals surface area contributed by atoms with Gasteiger partial charge in [-0.2, -0.15) is 5.10 Å². The smallest absolute Gasteiger partial charge is 0.165 e. The number of para-hydroxylation sites is 1. The van der Waals surface area contributed by atoms with Crippen molar-refractivity contribution in [3.63, 3.8) is 0 Å². The molecule has 2 heterocycles. The Morgan fingerprint density at radius 2 is 1.90 bits per heavy atom. The Kier molecular flexibility index (Phi) is 3.93. The Hall–Kier alpha value is -1.72. The van der Waals surface area contributed by atoms with E-state index in [-0.39, 0.29) is 11.0 Å². The monoisotopic (exact) mass is 394 g/mol. The number of hydrogen-bond acceptors (Lipinski definition) is 4. The maximum absolute atomic E-state index is 14.5. The number of benzene rings is 1. The fraction of sp³-hybridized carbons (Fsp3) is 0.667. The largest absolute Gasteiger partial charge is 0.315 e. The van der Waals surface area contributed by atoms with E-state index >= 15 is 0 Å². The molecule has 2 aliphatic carbocycles. The van der Waals surface area contributed by atoms with Crippen molar-refractivity contribution in [2.75, 3.05) is 20.1 Å². The van der Waals surface area contributed by atoms with Gasteiger partial charge < -0.3 is 5.32 Å². The van der Waals surface area contributed by atoms with Crippen LogP contribution in [-0.4, -0.2) is 52.2 Å². The van der Waals surface area contributed by atoms with Crippen LogP contribution in [0.5, 0.6) is 0 Å². The molecule has 2 aromatic rings.